The van der Waals surface area contributed by atoms with E-state index in [1.165, 1.54) is 0 Å². The van der Waals surface area contributed by atoms with Gasteiger partial charge in [-0.05, 0) is 12.8 Å². The lowest BCUT2D eigenvalue weighted by Crippen LogP contribution is -2.64. The van der Waals surface area contributed by atoms with Crippen molar-refractivity contribution in [1.29, 1.82) is 0 Å². The van der Waals surface area contributed by atoms with Gasteiger partial charge in [0.2, 0.25) is 5.91 Å². The van der Waals surface area contributed by atoms with E-state index in [0.717, 1.165) is 17.1 Å². The molecule has 1 atom stereocenters. The number of halogens is 1. The lowest BCUT2D eigenvalue weighted by Gasteiger charge is -2.49. The molecule has 1 saturated heterocycles. The predicted octanol–water partition coefficient (Wildman–Crippen LogP) is 2.04. The number of rotatable bonds is 5. The fourth-order valence-electron chi connectivity index (χ4n) is 2.09. The summed E-state index contributed by atoms with van der Waals surface area (Å²) in [7, 11) is 1.34. The number of unbranched alkanes of at least 4 members (excludes halogenated alkanes) is 1. The molecule has 0 N–H and O–H groups in total. The van der Waals surface area contributed by atoms with Crippen LogP contribution in [-0.4, -0.2) is 24.2 Å². The van der Waals surface area contributed by atoms with Crippen LogP contribution in [0.3, 0.4) is 0 Å². The molecule has 0 aromatic heterocycles. The summed E-state index contributed by atoms with van der Waals surface area (Å²) in [6.45, 7) is 3.92. The summed E-state index contributed by atoms with van der Waals surface area (Å²) < 4.78 is 23.3. The van der Waals surface area contributed by atoms with Gasteiger partial charge in [-0.1, -0.05) is 26.7 Å². The normalized spacial score (nSPS) is 26.6. The number of hydrogen-bond acceptors (Lipinski definition) is 3. The van der Waals surface area contributed by atoms with Gasteiger partial charge in [-0.25, -0.2) is 4.31 Å². The van der Waals surface area contributed by atoms with Crippen LogP contribution in [0.25, 0.3) is 0 Å². The fraction of sp³-hybridized carbons (Fsp3) is 0.889. The molecular weight excluding hydrogens is 238 g/mol. The van der Waals surface area contributed by atoms with Crippen molar-refractivity contribution in [2.75, 3.05) is 0 Å². The van der Waals surface area contributed by atoms with Crippen molar-refractivity contribution >= 4 is 25.8 Å². The van der Waals surface area contributed by atoms with Crippen LogP contribution in [0.2, 0.25) is 0 Å². The molecule has 0 aliphatic carbocycles. The second-order valence-corrected chi connectivity index (χ2v) is 6.32. The van der Waals surface area contributed by atoms with Crippen LogP contribution in [0.5, 0.6) is 0 Å². The fourth-order valence-corrected chi connectivity index (χ4v) is 3.82. The van der Waals surface area contributed by atoms with Gasteiger partial charge in [-0.3, -0.25) is 4.79 Å². The number of amides is 1. The highest BCUT2D eigenvalue weighted by Crippen LogP contribution is 2.42. The van der Waals surface area contributed by atoms with E-state index in [1.807, 2.05) is 13.8 Å². The summed E-state index contributed by atoms with van der Waals surface area (Å²) in [5.74, 6) is -0.386. The molecule has 0 spiro atoms. The smallest absolute Gasteiger partial charge is 0.274 e. The third kappa shape index (κ3) is 2.28. The number of nitrogens with zero attached hydrogens (tertiary/aromatic N) is 1. The molecule has 1 fully saturated rings. The zero-order valence-corrected chi connectivity index (χ0v) is 10.6. The molecule has 6 heteroatoms. The molecule has 0 aromatic carbocycles. The molecule has 1 aliphatic heterocycles. The van der Waals surface area contributed by atoms with Crippen molar-refractivity contribution in [3.05, 3.63) is 0 Å². The summed E-state index contributed by atoms with van der Waals surface area (Å²) in [6.07, 6.45) is 3.52. The third-order valence-electron chi connectivity index (χ3n) is 3.01. The summed E-state index contributed by atoms with van der Waals surface area (Å²) in [5, 5.41) is 0. The Hall–Kier alpha value is -0.290. The van der Waals surface area contributed by atoms with E-state index in [4.69, 9.17) is 10.7 Å². The second kappa shape index (κ2) is 4.29. The highest BCUT2D eigenvalue weighted by molar-refractivity contribution is 8.12. The number of carbonyl (C=O) groups excluding carboxylic acids is 1. The SMILES string of the molecule is CCCCC1(CC)CC(=O)N1S(=O)(=O)Cl. The molecular formula is C9H16ClNO3S. The number of β-lactam (4-membered cyclic amide) rings is 1. The van der Waals surface area contributed by atoms with Crippen molar-refractivity contribution in [3.63, 3.8) is 0 Å². The van der Waals surface area contributed by atoms with Crippen LogP contribution in [0.15, 0.2) is 0 Å². The number of hydrogen-bond donors (Lipinski definition) is 0. The molecule has 0 radical (unpaired) electrons. The predicted molar refractivity (Wildman–Crippen MR) is 58.8 cm³/mol. The molecule has 4 nitrogen and oxygen atoms in total. The number of carbonyl (C=O) groups is 1. The largest absolute Gasteiger partial charge is 0.324 e. The average Bonchev–Trinajstić information content (AvgIpc) is 2.08. The highest BCUT2D eigenvalue weighted by atomic mass is 35.7. The van der Waals surface area contributed by atoms with E-state index >= 15 is 0 Å². The van der Waals surface area contributed by atoms with Gasteiger partial charge in [0.25, 0.3) is 0 Å². The second-order valence-electron chi connectivity index (χ2n) is 3.96. The molecule has 1 aliphatic rings. The van der Waals surface area contributed by atoms with Gasteiger partial charge in [-0.15, -0.1) is 0 Å². The van der Waals surface area contributed by atoms with Crippen molar-refractivity contribution in [3.8, 4) is 0 Å². The zero-order chi connectivity index (χ0) is 11.7. The van der Waals surface area contributed by atoms with Crippen LogP contribution in [-0.2, 0) is 14.0 Å². The van der Waals surface area contributed by atoms with Gasteiger partial charge in [0.1, 0.15) is 0 Å². The van der Waals surface area contributed by atoms with E-state index in [0.29, 0.717) is 19.3 Å². The summed E-state index contributed by atoms with van der Waals surface area (Å²) in [5.41, 5.74) is -0.548. The molecule has 1 heterocycles. The molecule has 1 rings (SSSR count). The zero-order valence-electron chi connectivity index (χ0n) is 8.99. The molecule has 1 unspecified atom stereocenters. The highest BCUT2D eigenvalue weighted by Gasteiger charge is 2.54. The van der Waals surface area contributed by atoms with Gasteiger partial charge in [0, 0.05) is 10.7 Å². The Morgan fingerprint density at radius 3 is 2.40 bits per heavy atom. The average molecular weight is 254 g/mol. The van der Waals surface area contributed by atoms with Gasteiger partial charge >= 0.3 is 9.24 Å². The van der Waals surface area contributed by atoms with Crippen LogP contribution in [0, 0.1) is 0 Å². The minimum atomic E-state index is -3.91. The first-order valence-electron chi connectivity index (χ1n) is 5.15. The maximum Gasteiger partial charge on any atom is 0.324 e. The van der Waals surface area contributed by atoms with Crippen LogP contribution >= 0.6 is 10.7 Å². The minimum absolute atomic E-state index is 0.301. The minimum Gasteiger partial charge on any atom is -0.274 e. The Balaban J connectivity index is 2.88. The lowest BCUT2D eigenvalue weighted by atomic mass is 9.80. The monoisotopic (exact) mass is 253 g/mol. The Morgan fingerprint density at radius 2 is 2.07 bits per heavy atom. The molecule has 1 amide bonds. The third-order valence-corrected chi connectivity index (χ3v) is 4.45. The van der Waals surface area contributed by atoms with Gasteiger partial charge in [0.05, 0.1) is 12.0 Å². The quantitative estimate of drug-likeness (QED) is 0.557. The van der Waals surface area contributed by atoms with Crippen molar-refractivity contribution < 1.29 is 13.2 Å². The van der Waals surface area contributed by atoms with Crippen molar-refractivity contribution in [1.82, 2.24) is 4.31 Å². The van der Waals surface area contributed by atoms with E-state index in [2.05, 4.69) is 0 Å². The van der Waals surface area contributed by atoms with Crippen LogP contribution in [0.4, 0.5) is 0 Å². The topological polar surface area (TPSA) is 54.5 Å². The Morgan fingerprint density at radius 1 is 1.47 bits per heavy atom. The van der Waals surface area contributed by atoms with Crippen LogP contribution in [0.1, 0.15) is 46.0 Å². The van der Waals surface area contributed by atoms with Gasteiger partial charge in [-0.2, -0.15) is 8.42 Å². The Kier molecular flexibility index (Phi) is 3.66. The van der Waals surface area contributed by atoms with Gasteiger partial charge < -0.3 is 0 Å². The standard InChI is InChI=1S/C9H16ClNO3S/c1-3-5-6-9(4-2)7-8(12)11(9)15(10,13)14/h3-7H2,1-2H3. The van der Waals surface area contributed by atoms with E-state index < -0.39 is 14.8 Å². The molecule has 0 aromatic rings. The summed E-state index contributed by atoms with van der Waals surface area (Å²) >= 11 is 0. The summed E-state index contributed by atoms with van der Waals surface area (Å²) in [6, 6.07) is 0. The maximum atomic E-state index is 11.3. The molecule has 0 bridgehead atoms. The Bertz CT molecular complexity index is 354. The van der Waals surface area contributed by atoms with E-state index in [1.54, 1.807) is 0 Å². The first-order chi connectivity index (χ1) is 6.87. The van der Waals surface area contributed by atoms with Crippen molar-refractivity contribution in [2.24, 2.45) is 0 Å². The van der Waals surface area contributed by atoms with Crippen molar-refractivity contribution in [2.45, 2.75) is 51.5 Å². The van der Waals surface area contributed by atoms with E-state index in [-0.39, 0.29) is 5.91 Å². The summed E-state index contributed by atoms with van der Waals surface area (Å²) in [4.78, 5) is 11.3. The molecule has 88 valence electrons. The molecule has 0 saturated carbocycles. The maximum absolute atomic E-state index is 11.3. The van der Waals surface area contributed by atoms with E-state index in [9.17, 15) is 13.2 Å². The van der Waals surface area contributed by atoms with Gasteiger partial charge in [0.15, 0.2) is 0 Å². The molecule has 15 heavy (non-hydrogen) atoms. The Labute approximate surface area is 95.1 Å². The lowest BCUT2D eigenvalue weighted by molar-refractivity contribution is -0.146. The first-order valence-corrected chi connectivity index (χ1v) is 7.42. The van der Waals surface area contributed by atoms with Crippen LogP contribution < -0.4 is 0 Å². The first kappa shape index (κ1) is 12.8.